The van der Waals surface area contributed by atoms with Crippen LogP contribution in [0.15, 0.2) is 28.6 Å². The second kappa shape index (κ2) is 8.65. The van der Waals surface area contributed by atoms with Crippen LogP contribution in [-0.4, -0.2) is 34.5 Å². The number of rotatable bonds is 5. The number of hydrazine groups is 1. The number of amides is 3. The topological polar surface area (TPSA) is 100 Å². The molecule has 0 aliphatic rings. The zero-order chi connectivity index (χ0) is 17.5. The van der Waals surface area contributed by atoms with Gasteiger partial charge in [0.15, 0.2) is 4.34 Å². The van der Waals surface area contributed by atoms with E-state index in [1.54, 1.807) is 25.2 Å². The van der Waals surface area contributed by atoms with E-state index in [2.05, 4.69) is 21.2 Å². The van der Waals surface area contributed by atoms with Crippen LogP contribution in [0.25, 0.3) is 10.2 Å². The third-order valence-corrected chi connectivity index (χ3v) is 4.95. The minimum absolute atomic E-state index is 0.149. The number of thiazole rings is 1. The van der Waals surface area contributed by atoms with Crippen molar-refractivity contribution < 1.29 is 14.4 Å². The molecule has 2 aromatic rings. The van der Waals surface area contributed by atoms with Gasteiger partial charge in [-0.3, -0.25) is 25.2 Å². The van der Waals surface area contributed by atoms with Crippen LogP contribution in [0.4, 0.5) is 0 Å². The SMILES string of the molecule is CC(C)NC(=O)C(=O)NNC(=O)CCSc1nc2ccccc2s1. The van der Waals surface area contributed by atoms with Gasteiger partial charge in [-0.05, 0) is 26.0 Å². The number of para-hydroxylation sites is 1. The molecule has 24 heavy (non-hydrogen) atoms. The Morgan fingerprint density at radius 1 is 1.17 bits per heavy atom. The van der Waals surface area contributed by atoms with E-state index in [1.807, 2.05) is 24.3 Å². The lowest BCUT2D eigenvalue weighted by molar-refractivity contribution is -0.141. The van der Waals surface area contributed by atoms with Crippen molar-refractivity contribution >= 4 is 51.0 Å². The Bertz CT molecular complexity index is 712. The number of thioether (sulfide) groups is 1. The molecule has 0 saturated heterocycles. The van der Waals surface area contributed by atoms with Gasteiger partial charge in [0.25, 0.3) is 0 Å². The van der Waals surface area contributed by atoms with Gasteiger partial charge in [0, 0.05) is 18.2 Å². The molecule has 0 radical (unpaired) electrons. The van der Waals surface area contributed by atoms with E-state index in [0.717, 1.165) is 14.6 Å². The molecule has 0 fully saturated rings. The second-order valence-electron chi connectivity index (χ2n) is 5.18. The fourth-order valence-corrected chi connectivity index (χ4v) is 3.79. The molecular formula is C15H18N4O3S2. The van der Waals surface area contributed by atoms with Gasteiger partial charge in [-0.25, -0.2) is 4.98 Å². The van der Waals surface area contributed by atoms with Gasteiger partial charge in [-0.15, -0.1) is 11.3 Å². The van der Waals surface area contributed by atoms with Crippen molar-refractivity contribution in [1.29, 1.82) is 0 Å². The Morgan fingerprint density at radius 2 is 1.92 bits per heavy atom. The molecule has 0 saturated carbocycles. The molecule has 1 aromatic heterocycles. The van der Waals surface area contributed by atoms with Crippen molar-refractivity contribution in [3.8, 4) is 0 Å². The first-order chi connectivity index (χ1) is 11.5. The largest absolute Gasteiger partial charge is 0.346 e. The van der Waals surface area contributed by atoms with E-state index in [0.29, 0.717) is 5.75 Å². The number of nitrogens with zero attached hydrogens (tertiary/aromatic N) is 1. The summed E-state index contributed by atoms with van der Waals surface area (Å²) in [7, 11) is 0. The van der Waals surface area contributed by atoms with Gasteiger partial charge in [0.05, 0.1) is 10.2 Å². The minimum atomic E-state index is -0.893. The summed E-state index contributed by atoms with van der Waals surface area (Å²) in [4.78, 5) is 38.9. The van der Waals surface area contributed by atoms with Crippen LogP contribution in [0, 0.1) is 0 Å². The second-order valence-corrected chi connectivity index (χ2v) is 7.55. The van der Waals surface area contributed by atoms with Crippen LogP contribution >= 0.6 is 23.1 Å². The quantitative estimate of drug-likeness (QED) is 0.422. The molecule has 7 nitrogen and oxygen atoms in total. The van der Waals surface area contributed by atoms with Gasteiger partial charge < -0.3 is 5.32 Å². The first-order valence-corrected chi connectivity index (χ1v) is 9.14. The normalized spacial score (nSPS) is 10.6. The average molecular weight is 366 g/mol. The van der Waals surface area contributed by atoms with Crippen LogP contribution in [0.1, 0.15) is 20.3 Å². The zero-order valence-electron chi connectivity index (χ0n) is 13.3. The molecule has 2 rings (SSSR count). The Labute approximate surface area is 147 Å². The summed E-state index contributed by atoms with van der Waals surface area (Å²) in [6.45, 7) is 3.48. The summed E-state index contributed by atoms with van der Waals surface area (Å²) in [6.07, 6.45) is 0.201. The predicted molar refractivity (Wildman–Crippen MR) is 94.5 cm³/mol. The van der Waals surface area contributed by atoms with Crippen LogP contribution in [-0.2, 0) is 14.4 Å². The first kappa shape index (κ1) is 18.2. The van der Waals surface area contributed by atoms with E-state index in [1.165, 1.54) is 11.8 Å². The molecule has 0 aliphatic heterocycles. The highest BCUT2D eigenvalue weighted by atomic mass is 32.2. The zero-order valence-corrected chi connectivity index (χ0v) is 14.9. The number of carbonyl (C=O) groups excluding carboxylic acids is 3. The van der Waals surface area contributed by atoms with E-state index >= 15 is 0 Å². The van der Waals surface area contributed by atoms with Gasteiger partial charge in [0.2, 0.25) is 5.91 Å². The van der Waals surface area contributed by atoms with Crippen LogP contribution in [0.5, 0.6) is 0 Å². The lowest BCUT2D eigenvalue weighted by atomic mass is 10.3. The molecule has 0 spiro atoms. The molecule has 0 bridgehead atoms. The smallest absolute Gasteiger partial charge is 0.327 e. The lowest BCUT2D eigenvalue weighted by Gasteiger charge is -2.09. The Morgan fingerprint density at radius 3 is 2.62 bits per heavy atom. The number of fused-ring (bicyclic) bond motifs is 1. The van der Waals surface area contributed by atoms with Crippen LogP contribution in [0.3, 0.4) is 0 Å². The molecule has 1 aromatic carbocycles. The maximum Gasteiger partial charge on any atom is 0.327 e. The molecule has 3 amide bonds. The maximum absolute atomic E-state index is 11.7. The fourth-order valence-electron chi connectivity index (χ4n) is 1.72. The fraction of sp³-hybridized carbons (Fsp3) is 0.333. The molecule has 0 aliphatic carbocycles. The number of aromatic nitrogens is 1. The van der Waals surface area contributed by atoms with Crippen molar-refractivity contribution in [1.82, 2.24) is 21.2 Å². The molecule has 1 heterocycles. The Hall–Kier alpha value is -2.13. The lowest BCUT2D eigenvalue weighted by Crippen LogP contribution is -2.49. The van der Waals surface area contributed by atoms with E-state index < -0.39 is 11.8 Å². The monoisotopic (exact) mass is 366 g/mol. The van der Waals surface area contributed by atoms with E-state index in [-0.39, 0.29) is 18.4 Å². The summed E-state index contributed by atoms with van der Waals surface area (Å²) >= 11 is 3.05. The molecule has 0 unspecified atom stereocenters. The highest BCUT2D eigenvalue weighted by Gasteiger charge is 2.15. The standard InChI is InChI=1S/C15H18N4O3S2/c1-9(2)16-13(21)14(22)19-18-12(20)7-8-23-15-17-10-5-3-4-6-11(10)24-15/h3-6,9H,7-8H2,1-2H3,(H,16,21)(H,18,20)(H,19,22). The van der Waals surface area contributed by atoms with E-state index in [4.69, 9.17) is 0 Å². The van der Waals surface area contributed by atoms with Crippen molar-refractivity contribution in [2.45, 2.75) is 30.6 Å². The molecule has 3 N–H and O–H groups in total. The summed E-state index contributed by atoms with van der Waals surface area (Å²) < 4.78 is 2.00. The number of nitrogens with one attached hydrogen (secondary N) is 3. The number of carbonyl (C=O) groups is 3. The number of hydrogen-bond acceptors (Lipinski definition) is 6. The average Bonchev–Trinajstić information content (AvgIpc) is 2.94. The predicted octanol–water partition coefficient (Wildman–Crippen LogP) is 1.45. The van der Waals surface area contributed by atoms with Gasteiger partial charge in [-0.1, -0.05) is 23.9 Å². The summed E-state index contributed by atoms with van der Waals surface area (Å²) in [5, 5.41) is 2.43. The summed E-state index contributed by atoms with van der Waals surface area (Å²) in [6, 6.07) is 7.69. The maximum atomic E-state index is 11.7. The highest BCUT2D eigenvalue weighted by Crippen LogP contribution is 2.29. The molecule has 9 heteroatoms. The molecule has 0 atom stereocenters. The summed E-state index contributed by atoms with van der Waals surface area (Å²) in [5.41, 5.74) is 5.25. The van der Waals surface area contributed by atoms with Gasteiger partial charge in [-0.2, -0.15) is 0 Å². The van der Waals surface area contributed by atoms with Gasteiger partial charge >= 0.3 is 11.8 Å². The van der Waals surface area contributed by atoms with Crippen molar-refractivity contribution in [2.24, 2.45) is 0 Å². The summed E-state index contributed by atoms with van der Waals surface area (Å²) in [5.74, 6) is -1.51. The molecular weight excluding hydrogens is 348 g/mol. The number of hydrogen-bond donors (Lipinski definition) is 3. The van der Waals surface area contributed by atoms with Crippen molar-refractivity contribution in [3.63, 3.8) is 0 Å². The third-order valence-electron chi connectivity index (χ3n) is 2.77. The van der Waals surface area contributed by atoms with Crippen LogP contribution < -0.4 is 16.2 Å². The Balaban J connectivity index is 1.69. The van der Waals surface area contributed by atoms with Crippen LogP contribution in [0.2, 0.25) is 0 Å². The van der Waals surface area contributed by atoms with Crippen molar-refractivity contribution in [2.75, 3.05) is 5.75 Å². The molecule has 128 valence electrons. The first-order valence-electron chi connectivity index (χ1n) is 7.33. The highest BCUT2D eigenvalue weighted by molar-refractivity contribution is 8.01. The third kappa shape index (κ3) is 5.50. The number of benzene rings is 1. The Kier molecular flexibility index (Phi) is 6.56. The van der Waals surface area contributed by atoms with Gasteiger partial charge in [0.1, 0.15) is 0 Å². The minimum Gasteiger partial charge on any atom is -0.346 e. The van der Waals surface area contributed by atoms with Crippen molar-refractivity contribution in [3.05, 3.63) is 24.3 Å². The van der Waals surface area contributed by atoms with E-state index in [9.17, 15) is 14.4 Å².